The highest BCUT2D eigenvalue weighted by Gasteiger charge is 2.19. The van der Waals surface area contributed by atoms with Gasteiger partial charge in [0.25, 0.3) is 0 Å². The Morgan fingerprint density at radius 3 is 2.56 bits per heavy atom. The van der Waals surface area contributed by atoms with Gasteiger partial charge < -0.3 is 19.8 Å². The molecular formula is C25H31N3O4. The Balaban J connectivity index is 1.59. The van der Waals surface area contributed by atoms with Crippen LogP contribution >= 0.6 is 0 Å². The lowest BCUT2D eigenvalue weighted by Gasteiger charge is -2.22. The average Bonchev–Trinajstić information content (AvgIpc) is 3.20. The van der Waals surface area contributed by atoms with E-state index in [-0.39, 0.29) is 30.9 Å². The summed E-state index contributed by atoms with van der Waals surface area (Å²) in [4.78, 5) is 27.1. The van der Waals surface area contributed by atoms with Crippen molar-refractivity contribution in [3.05, 3.63) is 65.4 Å². The molecule has 32 heavy (non-hydrogen) atoms. The van der Waals surface area contributed by atoms with E-state index in [9.17, 15) is 9.59 Å². The maximum atomic E-state index is 12.7. The summed E-state index contributed by atoms with van der Waals surface area (Å²) in [6.45, 7) is 6.90. The molecular weight excluding hydrogens is 406 g/mol. The number of carbonyl (C=O) groups excluding carboxylic acids is 2. The standard InChI is InChI=1S/C25H31N3O4/c1-17-8-7-10-21(18(17)2)27-25(30)16-28(12-13-31-4)15-24(29)26-19(3)23-14-20-9-5-6-11-22(20)32-23/h5-11,14,19H,12-13,15-16H2,1-4H3,(H,26,29)(H,27,30). The average molecular weight is 438 g/mol. The molecule has 0 spiro atoms. The topological polar surface area (TPSA) is 83.8 Å². The van der Waals surface area contributed by atoms with Crippen molar-refractivity contribution in [2.45, 2.75) is 26.8 Å². The number of benzene rings is 2. The Kier molecular flexibility index (Phi) is 8.03. The SMILES string of the molecule is COCCN(CC(=O)Nc1cccc(C)c1C)CC(=O)NC(C)c1cc2ccccc2o1. The molecule has 0 aliphatic rings. The molecule has 3 aromatic rings. The van der Waals surface area contributed by atoms with Crippen molar-refractivity contribution in [3.8, 4) is 0 Å². The van der Waals surface area contributed by atoms with Crippen LogP contribution in [0.25, 0.3) is 11.0 Å². The summed E-state index contributed by atoms with van der Waals surface area (Å²) in [6, 6.07) is 15.2. The molecule has 1 unspecified atom stereocenters. The summed E-state index contributed by atoms with van der Waals surface area (Å²) < 4.78 is 11.0. The van der Waals surface area contributed by atoms with Gasteiger partial charge in [0.05, 0.1) is 25.7 Å². The van der Waals surface area contributed by atoms with E-state index in [1.54, 1.807) is 12.0 Å². The highest BCUT2D eigenvalue weighted by Crippen LogP contribution is 2.23. The Morgan fingerprint density at radius 2 is 1.81 bits per heavy atom. The number of hydrogen-bond acceptors (Lipinski definition) is 5. The zero-order chi connectivity index (χ0) is 23.1. The van der Waals surface area contributed by atoms with Crippen LogP contribution in [-0.4, -0.2) is 50.1 Å². The highest BCUT2D eigenvalue weighted by atomic mass is 16.5. The van der Waals surface area contributed by atoms with Crippen molar-refractivity contribution in [1.29, 1.82) is 0 Å². The zero-order valence-corrected chi connectivity index (χ0v) is 19.1. The first-order valence-electron chi connectivity index (χ1n) is 10.7. The fourth-order valence-electron chi connectivity index (χ4n) is 3.49. The van der Waals surface area contributed by atoms with E-state index in [1.165, 1.54) is 0 Å². The molecule has 2 aromatic carbocycles. The molecule has 0 bridgehead atoms. The van der Waals surface area contributed by atoms with Crippen LogP contribution in [0.4, 0.5) is 5.69 Å². The molecule has 3 rings (SSSR count). The molecule has 7 nitrogen and oxygen atoms in total. The van der Waals surface area contributed by atoms with Crippen LogP contribution in [0, 0.1) is 13.8 Å². The molecule has 1 aromatic heterocycles. The van der Waals surface area contributed by atoms with E-state index in [0.717, 1.165) is 27.8 Å². The maximum absolute atomic E-state index is 12.7. The fourth-order valence-corrected chi connectivity index (χ4v) is 3.49. The van der Waals surface area contributed by atoms with Gasteiger partial charge in [0.1, 0.15) is 11.3 Å². The minimum Gasteiger partial charge on any atom is -0.459 e. The fraction of sp³-hybridized carbons (Fsp3) is 0.360. The molecule has 7 heteroatoms. The summed E-state index contributed by atoms with van der Waals surface area (Å²) in [6.07, 6.45) is 0. The number of carbonyl (C=O) groups is 2. The maximum Gasteiger partial charge on any atom is 0.238 e. The van der Waals surface area contributed by atoms with Crippen molar-refractivity contribution >= 4 is 28.5 Å². The monoisotopic (exact) mass is 437 g/mol. The molecule has 0 saturated heterocycles. The second-order valence-corrected chi connectivity index (χ2v) is 7.97. The largest absolute Gasteiger partial charge is 0.459 e. The van der Waals surface area contributed by atoms with Gasteiger partial charge in [-0.1, -0.05) is 30.3 Å². The number of para-hydroxylation sites is 1. The molecule has 1 atom stereocenters. The number of fused-ring (bicyclic) bond motifs is 1. The summed E-state index contributed by atoms with van der Waals surface area (Å²) >= 11 is 0. The molecule has 0 saturated carbocycles. The van der Waals surface area contributed by atoms with Gasteiger partial charge in [0, 0.05) is 24.7 Å². The number of methoxy groups -OCH3 is 1. The minimum atomic E-state index is -0.289. The highest BCUT2D eigenvalue weighted by molar-refractivity contribution is 5.93. The number of furan rings is 1. The Hall–Kier alpha value is -3.16. The molecule has 0 fully saturated rings. The van der Waals surface area contributed by atoms with Crippen LogP contribution in [0.15, 0.2) is 52.9 Å². The first-order valence-corrected chi connectivity index (χ1v) is 10.7. The first-order chi connectivity index (χ1) is 15.4. The van der Waals surface area contributed by atoms with Crippen LogP contribution in [0.3, 0.4) is 0 Å². The van der Waals surface area contributed by atoms with Crippen molar-refractivity contribution < 1.29 is 18.7 Å². The smallest absolute Gasteiger partial charge is 0.238 e. The van der Waals surface area contributed by atoms with E-state index in [2.05, 4.69) is 10.6 Å². The van der Waals surface area contributed by atoms with Crippen LogP contribution < -0.4 is 10.6 Å². The van der Waals surface area contributed by atoms with Gasteiger partial charge in [-0.25, -0.2) is 0 Å². The Bertz CT molecular complexity index is 1040. The quantitative estimate of drug-likeness (QED) is 0.504. The molecule has 0 aliphatic carbocycles. The van der Waals surface area contributed by atoms with Crippen molar-refractivity contribution in [2.24, 2.45) is 0 Å². The Labute approximate surface area is 188 Å². The second-order valence-electron chi connectivity index (χ2n) is 7.97. The number of hydrogen-bond donors (Lipinski definition) is 2. The second kappa shape index (κ2) is 10.9. The lowest BCUT2D eigenvalue weighted by atomic mass is 10.1. The lowest BCUT2D eigenvalue weighted by molar-refractivity contribution is -0.124. The van der Waals surface area contributed by atoms with E-state index in [1.807, 2.05) is 69.3 Å². The van der Waals surface area contributed by atoms with Gasteiger partial charge in [-0.15, -0.1) is 0 Å². The number of rotatable bonds is 10. The van der Waals surface area contributed by atoms with E-state index >= 15 is 0 Å². The molecule has 0 aliphatic heterocycles. The lowest BCUT2D eigenvalue weighted by Crippen LogP contribution is -2.43. The van der Waals surface area contributed by atoms with Gasteiger partial charge in [0.15, 0.2) is 0 Å². The molecule has 170 valence electrons. The third kappa shape index (κ3) is 6.18. The number of nitrogens with one attached hydrogen (secondary N) is 2. The first kappa shape index (κ1) is 23.5. The number of anilines is 1. The number of nitrogens with zero attached hydrogens (tertiary/aromatic N) is 1. The minimum absolute atomic E-state index is 0.0775. The normalized spacial score (nSPS) is 12.2. The molecule has 1 heterocycles. The third-order valence-electron chi connectivity index (χ3n) is 5.47. The predicted octanol–water partition coefficient (Wildman–Crippen LogP) is 3.81. The van der Waals surface area contributed by atoms with E-state index in [4.69, 9.17) is 9.15 Å². The molecule has 0 radical (unpaired) electrons. The van der Waals surface area contributed by atoms with E-state index in [0.29, 0.717) is 18.9 Å². The van der Waals surface area contributed by atoms with Gasteiger partial charge in [-0.3, -0.25) is 14.5 Å². The van der Waals surface area contributed by atoms with Crippen LogP contribution in [0.1, 0.15) is 29.9 Å². The van der Waals surface area contributed by atoms with Crippen molar-refractivity contribution in [3.63, 3.8) is 0 Å². The summed E-state index contributed by atoms with van der Waals surface area (Å²) in [5.41, 5.74) is 3.71. The van der Waals surface area contributed by atoms with Crippen molar-refractivity contribution in [1.82, 2.24) is 10.2 Å². The summed E-state index contributed by atoms with van der Waals surface area (Å²) in [5, 5.41) is 6.90. The molecule has 2 N–H and O–H groups in total. The predicted molar refractivity (Wildman–Crippen MR) is 126 cm³/mol. The van der Waals surface area contributed by atoms with Gasteiger partial charge in [-0.2, -0.15) is 0 Å². The number of aryl methyl sites for hydroxylation is 1. The van der Waals surface area contributed by atoms with Crippen LogP contribution in [0.2, 0.25) is 0 Å². The zero-order valence-electron chi connectivity index (χ0n) is 19.1. The summed E-state index contributed by atoms with van der Waals surface area (Å²) in [7, 11) is 1.60. The van der Waals surface area contributed by atoms with Crippen LogP contribution in [0.5, 0.6) is 0 Å². The van der Waals surface area contributed by atoms with Crippen molar-refractivity contribution in [2.75, 3.05) is 38.7 Å². The summed E-state index contributed by atoms with van der Waals surface area (Å²) in [5.74, 6) is 0.331. The van der Waals surface area contributed by atoms with Gasteiger partial charge in [-0.05, 0) is 50.1 Å². The number of amides is 2. The Morgan fingerprint density at radius 1 is 1.06 bits per heavy atom. The van der Waals surface area contributed by atoms with Gasteiger partial charge in [0.2, 0.25) is 11.8 Å². The van der Waals surface area contributed by atoms with Gasteiger partial charge >= 0.3 is 0 Å². The van der Waals surface area contributed by atoms with Crippen LogP contribution in [-0.2, 0) is 14.3 Å². The number of ether oxygens (including phenoxy) is 1. The molecule has 2 amide bonds. The van der Waals surface area contributed by atoms with E-state index < -0.39 is 0 Å². The third-order valence-corrected chi connectivity index (χ3v) is 5.47.